The van der Waals surface area contributed by atoms with Gasteiger partial charge in [0.05, 0.1) is 0 Å². The zero-order valence-electron chi connectivity index (χ0n) is 15.9. The van der Waals surface area contributed by atoms with E-state index in [0.717, 1.165) is 25.8 Å². The number of hydrogen-bond donors (Lipinski definition) is 1. The first-order chi connectivity index (χ1) is 13.6. The van der Waals surface area contributed by atoms with Gasteiger partial charge in [-0.15, -0.1) is 0 Å². The summed E-state index contributed by atoms with van der Waals surface area (Å²) in [5.41, 5.74) is 0.107. The van der Waals surface area contributed by atoms with Gasteiger partial charge in [-0.1, -0.05) is 30.3 Å². The molecule has 6 nitrogen and oxygen atoms in total. The van der Waals surface area contributed by atoms with E-state index in [9.17, 15) is 14.4 Å². The summed E-state index contributed by atoms with van der Waals surface area (Å²) in [5.74, 6) is -0.300. The fourth-order valence-corrected chi connectivity index (χ4v) is 4.58. The number of nitrogens with zero attached hydrogens (tertiary/aromatic N) is 2. The largest absolute Gasteiger partial charge is 0.340 e. The SMILES string of the molecule is O=C(c1ccc[nH]c1=O)N1CCCC12CCCN(CCc1ccccc1)C2=O. The third kappa shape index (κ3) is 3.23. The Bertz CT molecular complexity index is 924. The molecule has 2 aromatic rings. The maximum Gasteiger partial charge on any atom is 0.260 e. The first-order valence-corrected chi connectivity index (χ1v) is 9.95. The highest BCUT2D eigenvalue weighted by atomic mass is 16.2. The maximum atomic E-state index is 13.4. The number of aromatic amines is 1. The Morgan fingerprint density at radius 1 is 1.00 bits per heavy atom. The fourth-order valence-electron chi connectivity index (χ4n) is 4.58. The van der Waals surface area contributed by atoms with Gasteiger partial charge in [0.25, 0.3) is 11.5 Å². The van der Waals surface area contributed by atoms with Crippen molar-refractivity contribution in [2.24, 2.45) is 0 Å². The Labute approximate surface area is 164 Å². The Morgan fingerprint density at radius 2 is 1.75 bits per heavy atom. The van der Waals surface area contributed by atoms with Crippen LogP contribution in [0.25, 0.3) is 0 Å². The Balaban J connectivity index is 1.55. The molecule has 146 valence electrons. The molecule has 28 heavy (non-hydrogen) atoms. The molecular weight excluding hydrogens is 354 g/mol. The van der Waals surface area contributed by atoms with Crippen LogP contribution in [-0.4, -0.2) is 51.8 Å². The van der Waals surface area contributed by atoms with Crippen molar-refractivity contribution in [2.45, 2.75) is 37.6 Å². The van der Waals surface area contributed by atoms with Gasteiger partial charge in [-0.25, -0.2) is 0 Å². The average Bonchev–Trinajstić information content (AvgIpc) is 3.14. The topological polar surface area (TPSA) is 73.5 Å². The number of aromatic nitrogens is 1. The number of nitrogens with one attached hydrogen (secondary N) is 1. The van der Waals surface area contributed by atoms with Crippen LogP contribution in [0, 0.1) is 0 Å². The lowest BCUT2D eigenvalue weighted by Gasteiger charge is -2.44. The van der Waals surface area contributed by atoms with Crippen molar-refractivity contribution in [2.75, 3.05) is 19.6 Å². The minimum Gasteiger partial charge on any atom is -0.340 e. The third-order valence-electron chi connectivity index (χ3n) is 6.00. The molecule has 6 heteroatoms. The molecule has 1 unspecified atom stereocenters. The number of H-pyrrole nitrogens is 1. The van der Waals surface area contributed by atoms with E-state index in [0.29, 0.717) is 25.9 Å². The minimum absolute atomic E-state index is 0.0351. The molecule has 0 radical (unpaired) electrons. The smallest absolute Gasteiger partial charge is 0.260 e. The number of pyridine rings is 1. The van der Waals surface area contributed by atoms with Crippen molar-refractivity contribution in [1.29, 1.82) is 0 Å². The molecule has 1 spiro atoms. The van der Waals surface area contributed by atoms with Crippen molar-refractivity contribution in [1.82, 2.24) is 14.8 Å². The minimum atomic E-state index is -0.797. The summed E-state index contributed by atoms with van der Waals surface area (Å²) in [4.78, 5) is 44.8. The van der Waals surface area contributed by atoms with E-state index in [-0.39, 0.29) is 17.4 Å². The Morgan fingerprint density at radius 3 is 2.50 bits per heavy atom. The lowest BCUT2D eigenvalue weighted by molar-refractivity contribution is -0.145. The Hall–Kier alpha value is -2.89. The normalized spacial score (nSPS) is 22.1. The molecule has 3 heterocycles. The summed E-state index contributed by atoms with van der Waals surface area (Å²) in [6.07, 6.45) is 5.31. The van der Waals surface area contributed by atoms with Crippen molar-refractivity contribution < 1.29 is 9.59 Å². The van der Waals surface area contributed by atoms with E-state index in [4.69, 9.17) is 0 Å². The van der Waals surface area contributed by atoms with Crippen LogP contribution in [0.4, 0.5) is 0 Å². The van der Waals surface area contributed by atoms with Gasteiger partial charge in [-0.2, -0.15) is 0 Å². The number of rotatable bonds is 4. The quantitative estimate of drug-likeness (QED) is 0.885. The fraction of sp³-hybridized carbons (Fsp3) is 0.409. The monoisotopic (exact) mass is 379 g/mol. The zero-order valence-corrected chi connectivity index (χ0v) is 15.9. The van der Waals surface area contributed by atoms with E-state index in [2.05, 4.69) is 17.1 Å². The average molecular weight is 379 g/mol. The van der Waals surface area contributed by atoms with Gasteiger partial charge in [-0.05, 0) is 49.8 Å². The molecule has 0 saturated carbocycles. The molecule has 0 bridgehead atoms. The zero-order chi connectivity index (χ0) is 19.6. The molecular formula is C22H25N3O3. The second-order valence-corrected chi connectivity index (χ2v) is 7.64. The van der Waals surface area contributed by atoms with Crippen molar-refractivity contribution in [3.05, 3.63) is 70.1 Å². The summed E-state index contributed by atoms with van der Waals surface area (Å²) < 4.78 is 0. The van der Waals surface area contributed by atoms with E-state index >= 15 is 0 Å². The van der Waals surface area contributed by atoms with Crippen molar-refractivity contribution in [3.8, 4) is 0 Å². The molecule has 2 saturated heterocycles. The van der Waals surface area contributed by atoms with E-state index in [1.54, 1.807) is 11.0 Å². The second kappa shape index (κ2) is 7.62. The van der Waals surface area contributed by atoms with Crippen LogP contribution < -0.4 is 5.56 Å². The summed E-state index contributed by atoms with van der Waals surface area (Å²) in [7, 11) is 0. The van der Waals surface area contributed by atoms with Crippen molar-refractivity contribution >= 4 is 11.8 Å². The maximum absolute atomic E-state index is 13.4. The summed E-state index contributed by atoms with van der Waals surface area (Å²) in [5, 5.41) is 0. The summed E-state index contributed by atoms with van der Waals surface area (Å²) >= 11 is 0. The van der Waals surface area contributed by atoms with Crippen LogP contribution in [0.1, 0.15) is 41.6 Å². The van der Waals surface area contributed by atoms with Crippen LogP contribution >= 0.6 is 0 Å². The van der Waals surface area contributed by atoms with Crippen LogP contribution in [0.3, 0.4) is 0 Å². The molecule has 1 atom stereocenters. The number of benzene rings is 1. The number of amides is 2. The molecule has 1 aromatic carbocycles. The molecule has 2 fully saturated rings. The van der Waals surface area contributed by atoms with Crippen LogP contribution in [0.5, 0.6) is 0 Å². The highest BCUT2D eigenvalue weighted by molar-refractivity contribution is 5.99. The van der Waals surface area contributed by atoms with Gasteiger partial charge >= 0.3 is 0 Å². The van der Waals surface area contributed by atoms with E-state index in [1.807, 2.05) is 23.1 Å². The molecule has 4 rings (SSSR count). The van der Waals surface area contributed by atoms with Crippen LogP contribution in [0.15, 0.2) is 53.5 Å². The first kappa shape index (κ1) is 18.5. The van der Waals surface area contributed by atoms with Gasteiger partial charge in [0, 0.05) is 25.8 Å². The number of likely N-dealkylation sites (tertiary alicyclic amines) is 2. The number of carbonyl (C=O) groups excluding carboxylic acids is 2. The number of piperidine rings is 1. The van der Waals surface area contributed by atoms with Gasteiger partial charge in [0.1, 0.15) is 11.1 Å². The van der Waals surface area contributed by atoms with Crippen LogP contribution in [0.2, 0.25) is 0 Å². The van der Waals surface area contributed by atoms with E-state index in [1.165, 1.54) is 17.8 Å². The molecule has 1 N–H and O–H groups in total. The third-order valence-corrected chi connectivity index (χ3v) is 6.00. The highest BCUT2D eigenvalue weighted by Gasteiger charge is 2.52. The van der Waals surface area contributed by atoms with Gasteiger partial charge < -0.3 is 14.8 Å². The van der Waals surface area contributed by atoms with Crippen LogP contribution in [-0.2, 0) is 11.2 Å². The lowest BCUT2D eigenvalue weighted by atomic mass is 9.85. The van der Waals surface area contributed by atoms with Gasteiger partial charge in [0.15, 0.2) is 0 Å². The number of hydrogen-bond acceptors (Lipinski definition) is 3. The lowest BCUT2D eigenvalue weighted by Crippen LogP contribution is -2.61. The molecule has 2 amide bonds. The van der Waals surface area contributed by atoms with Gasteiger partial charge in [0.2, 0.25) is 5.91 Å². The molecule has 0 aliphatic carbocycles. The second-order valence-electron chi connectivity index (χ2n) is 7.64. The van der Waals surface area contributed by atoms with Gasteiger partial charge in [-0.3, -0.25) is 14.4 Å². The van der Waals surface area contributed by atoms with Crippen molar-refractivity contribution in [3.63, 3.8) is 0 Å². The predicted molar refractivity (Wildman–Crippen MR) is 106 cm³/mol. The highest BCUT2D eigenvalue weighted by Crippen LogP contribution is 2.39. The molecule has 2 aliphatic heterocycles. The Kier molecular flexibility index (Phi) is 5.03. The number of carbonyl (C=O) groups is 2. The molecule has 1 aromatic heterocycles. The first-order valence-electron chi connectivity index (χ1n) is 9.95. The summed E-state index contributed by atoms with van der Waals surface area (Å²) in [6.45, 7) is 1.89. The molecule has 2 aliphatic rings. The summed E-state index contributed by atoms with van der Waals surface area (Å²) in [6, 6.07) is 13.3. The van der Waals surface area contributed by atoms with E-state index < -0.39 is 11.1 Å². The predicted octanol–water partition coefficient (Wildman–Crippen LogP) is 2.21. The standard InChI is InChI=1S/C22H25N3O3/c26-19-18(9-4-13-23-19)20(27)25-15-6-12-22(25)11-5-14-24(21(22)28)16-10-17-7-2-1-3-8-17/h1-4,7-9,13H,5-6,10-12,14-16H2,(H,23,26).